The molecular formula is C15H16NO5S-. The number of aryl methyl sites for hydroxylation is 1. The molecule has 118 valence electrons. The molecule has 1 heterocycles. The van der Waals surface area contributed by atoms with E-state index in [2.05, 4.69) is 4.72 Å². The largest absolute Gasteiger partial charge is 0.542 e. The molecule has 1 saturated carbocycles. The van der Waals surface area contributed by atoms with Gasteiger partial charge >= 0.3 is 0 Å². The van der Waals surface area contributed by atoms with E-state index >= 15 is 0 Å². The molecule has 0 saturated heterocycles. The fourth-order valence-electron chi connectivity index (χ4n) is 2.89. The zero-order chi connectivity index (χ0) is 15.9. The Labute approximate surface area is 128 Å². The van der Waals surface area contributed by atoms with E-state index in [4.69, 9.17) is 4.42 Å². The number of hydrogen-bond donors (Lipinski definition) is 1. The summed E-state index contributed by atoms with van der Waals surface area (Å²) in [4.78, 5) is 11.1. The molecule has 1 aromatic heterocycles. The number of hydrogen-bond acceptors (Lipinski definition) is 5. The molecule has 1 aliphatic rings. The van der Waals surface area contributed by atoms with Gasteiger partial charge in [0, 0.05) is 17.0 Å². The summed E-state index contributed by atoms with van der Waals surface area (Å²) in [6, 6.07) is 4.31. The van der Waals surface area contributed by atoms with Crippen LogP contribution in [0.2, 0.25) is 0 Å². The quantitative estimate of drug-likeness (QED) is 0.915. The molecule has 22 heavy (non-hydrogen) atoms. The smallest absolute Gasteiger partial charge is 0.240 e. The third-order valence-electron chi connectivity index (χ3n) is 4.08. The molecular weight excluding hydrogens is 306 g/mol. The summed E-state index contributed by atoms with van der Waals surface area (Å²) in [6.45, 7) is 1.57. The predicted octanol–water partition coefficient (Wildman–Crippen LogP) is 1.33. The number of nitrogens with one attached hydrogen (secondary N) is 1. The first-order valence-electron chi connectivity index (χ1n) is 7.15. The minimum Gasteiger partial charge on any atom is -0.542 e. The van der Waals surface area contributed by atoms with Crippen LogP contribution >= 0.6 is 0 Å². The van der Waals surface area contributed by atoms with Crippen LogP contribution in [0, 0.1) is 6.92 Å². The highest BCUT2D eigenvalue weighted by Gasteiger charge is 2.24. The first kappa shape index (κ1) is 15.1. The van der Waals surface area contributed by atoms with Crippen molar-refractivity contribution in [2.75, 3.05) is 0 Å². The van der Waals surface area contributed by atoms with Crippen LogP contribution in [0.15, 0.2) is 27.5 Å². The number of benzene rings is 1. The number of carboxylic acid groups (broad SMARTS) is 1. The first-order valence-corrected chi connectivity index (χ1v) is 8.63. The summed E-state index contributed by atoms with van der Waals surface area (Å²) >= 11 is 0. The van der Waals surface area contributed by atoms with Gasteiger partial charge in [-0.15, -0.1) is 0 Å². The number of aromatic carboxylic acids is 1. The molecule has 1 fully saturated rings. The van der Waals surface area contributed by atoms with Gasteiger partial charge in [0.2, 0.25) is 10.0 Å². The van der Waals surface area contributed by atoms with Crippen LogP contribution < -0.4 is 9.83 Å². The van der Waals surface area contributed by atoms with Gasteiger partial charge in [-0.25, -0.2) is 13.1 Å². The van der Waals surface area contributed by atoms with Crippen LogP contribution in [0.25, 0.3) is 11.0 Å². The van der Waals surface area contributed by atoms with Gasteiger partial charge in [-0.3, -0.25) is 0 Å². The lowest BCUT2D eigenvalue weighted by atomic mass is 10.1. The monoisotopic (exact) mass is 322 g/mol. The van der Waals surface area contributed by atoms with Crippen LogP contribution in [0.4, 0.5) is 0 Å². The molecule has 3 rings (SSSR count). The van der Waals surface area contributed by atoms with Gasteiger partial charge in [0.15, 0.2) is 5.76 Å². The molecule has 0 spiro atoms. The average molecular weight is 322 g/mol. The SMILES string of the molecule is Cc1c(C(=O)[O-])oc2ccc(S(=O)(=O)NC3CCCC3)cc12. The molecule has 2 aromatic rings. The Morgan fingerprint density at radius 3 is 2.64 bits per heavy atom. The zero-order valence-corrected chi connectivity index (χ0v) is 12.9. The zero-order valence-electron chi connectivity index (χ0n) is 12.1. The number of carbonyl (C=O) groups excluding carboxylic acids is 1. The lowest BCUT2D eigenvalue weighted by molar-refractivity contribution is -0.257. The molecule has 6 nitrogen and oxygen atoms in total. The van der Waals surface area contributed by atoms with E-state index in [0.29, 0.717) is 16.5 Å². The number of carboxylic acids is 1. The van der Waals surface area contributed by atoms with Gasteiger partial charge in [-0.1, -0.05) is 12.8 Å². The Kier molecular flexibility index (Phi) is 3.70. The highest BCUT2D eigenvalue weighted by molar-refractivity contribution is 7.89. The van der Waals surface area contributed by atoms with Gasteiger partial charge < -0.3 is 14.3 Å². The number of rotatable bonds is 4. The van der Waals surface area contributed by atoms with E-state index in [1.165, 1.54) is 18.2 Å². The average Bonchev–Trinajstić information content (AvgIpc) is 3.06. The van der Waals surface area contributed by atoms with Crippen LogP contribution in [0.5, 0.6) is 0 Å². The second-order valence-corrected chi connectivity index (χ2v) is 7.32. The van der Waals surface area contributed by atoms with Crippen molar-refractivity contribution in [1.29, 1.82) is 0 Å². The minimum atomic E-state index is -3.62. The van der Waals surface area contributed by atoms with Crippen molar-refractivity contribution in [1.82, 2.24) is 4.72 Å². The molecule has 0 unspecified atom stereocenters. The van der Waals surface area contributed by atoms with Crippen molar-refractivity contribution in [3.05, 3.63) is 29.5 Å². The standard InChI is InChI=1S/C15H17NO5S/c1-9-12-8-11(6-7-13(12)21-14(9)15(17)18)22(19,20)16-10-4-2-3-5-10/h6-8,10,16H,2-5H2,1H3,(H,17,18)/p-1. The van der Waals surface area contributed by atoms with Crippen molar-refractivity contribution in [2.45, 2.75) is 43.5 Å². The predicted molar refractivity (Wildman–Crippen MR) is 77.9 cm³/mol. The molecule has 0 bridgehead atoms. The molecule has 0 radical (unpaired) electrons. The van der Waals surface area contributed by atoms with Gasteiger partial charge in [0.1, 0.15) is 11.6 Å². The van der Waals surface area contributed by atoms with E-state index in [-0.39, 0.29) is 16.7 Å². The Bertz CT molecular complexity index is 831. The Morgan fingerprint density at radius 2 is 2.00 bits per heavy atom. The molecule has 1 N–H and O–H groups in total. The lowest BCUT2D eigenvalue weighted by Gasteiger charge is -2.12. The first-order chi connectivity index (χ1) is 10.4. The van der Waals surface area contributed by atoms with Gasteiger partial charge in [0.05, 0.1) is 4.90 Å². The topological polar surface area (TPSA) is 99.4 Å². The second-order valence-electron chi connectivity index (χ2n) is 5.60. The normalized spacial score (nSPS) is 16.4. The van der Waals surface area contributed by atoms with Gasteiger partial charge in [-0.2, -0.15) is 0 Å². The number of fused-ring (bicyclic) bond motifs is 1. The molecule has 0 aliphatic heterocycles. The Hall–Kier alpha value is -1.86. The number of furan rings is 1. The summed E-state index contributed by atoms with van der Waals surface area (Å²) < 4.78 is 32.7. The molecule has 0 amide bonds. The summed E-state index contributed by atoms with van der Waals surface area (Å²) in [5.74, 6) is -1.68. The van der Waals surface area contributed by atoms with Crippen molar-refractivity contribution >= 4 is 27.0 Å². The highest BCUT2D eigenvalue weighted by Crippen LogP contribution is 2.28. The second kappa shape index (κ2) is 5.40. The molecule has 1 aliphatic carbocycles. The van der Waals surface area contributed by atoms with Gasteiger partial charge in [-0.05, 0) is 38.0 Å². The maximum absolute atomic E-state index is 12.4. The van der Waals surface area contributed by atoms with Crippen LogP contribution in [-0.2, 0) is 10.0 Å². The summed E-state index contributed by atoms with van der Waals surface area (Å²) in [5.41, 5.74) is 0.699. The van der Waals surface area contributed by atoms with E-state index < -0.39 is 16.0 Å². The minimum absolute atomic E-state index is 0.0232. The van der Waals surface area contributed by atoms with Gasteiger partial charge in [0.25, 0.3) is 0 Å². The number of sulfonamides is 1. The van der Waals surface area contributed by atoms with E-state index in [1.54, 1.807) is 6.92 Å². The summed E-state index contributed by atoms with van der Waals surface area (Å²) in [6.07, 6.45) is 3.76. The van der Waals surface area contributed by atoms with E-state index in [1.807, 2.05) is 0 Å². The van der Waals surface area contributed by atoms with Crippen molar-refractivity contribution in [3.63, 3.8) is 0 Å². The van der Waals surface area contributed by atoms with Crippen molar-refractivity contribution < 1.29 is 22.7 Å². The number of carbonyl (C=O) groups is 1. The van der Waals surface area contributed by atoms with Crippen molar-refractivity contribution in [3.8, 4) is 0 Å². The Morgan fingerprint density at radius 1 is 1.32 bits per heavy atom. The fraction of sp³-hybridized carbons (Fsp3) is 0.400. The Balaban J connectivity index is 2.00. The molecule has 7 heteroatoms. The maximum atomic E-state index is 12.4. The van der Waals surface area contributed by atoms with Crippen LogP contribution in [-0.4, -0.2) is 20.4 Å². The summed E-state index contributed by atoms with van der Waals surface area (Å²) in [5, 5.41) is 11.4. The van der Waals surface area contributed by atoms with Crippen LogP contribution in [0.3, 0.4) is 0 Å². The third kappa shape index (κ3) is 2.62. The summed E-state index contributed by atoms with van der Waals surface area (Å²) in [7, 11) is -3.62. The lowest BCUT2D eigenvalue weighted by Crippen LogP contribution is -2.32. The van der Waals surface area contributed by atoms with E-state index in [9.17, 15) is 18.3 Å². The fourth-order valence-corrected chi connectivity index (χ4v) is 4.22. The highest BCUT2D eigenvalue weighted by atomic mass is 32.2. The molecule has 1 aromatic carbocycles. The third-order valence-corrected chi connectivity index (χ3v) is 5.60. The maximum Gasteiger partial charge on any atom is 0.240 e. The van der Waals surface area contributed by atoms with Crippen LogP contribution in [0.1, 0.15) is 41.8 Å². The van der Waals surface area contributed by atoms with E-state index in [0.717, 1.165) is 25.7 Å². The molecule has 0 atom stereocenters. The van der Waals surface area contributed by atoms with Crippen molar-refractivity contribution in [2.24, 2.45) is 0 Å².